The summed E-state index contributed by atoms with van der Waals surface area (Å²) in [5, 5.41) is 11.9. The number of aliphatic hydroxyl groups excluding tert-OH is 1. The van der Waals surface area contributed by atoms with E-state index in [1.165, 1.54) is 6.92 Å². The molecule has 1 fully saturated rings. The molecule has 0 unspecified atom stereocenters. The van der Waals surface area contributed by atoms with E-state index in [2.05, 4.69) is 10.2 Å². The van der Waals surface area contributed by atoms with Crippen LogP contribution in [0.25, 0.3) is 0 Å². The normalized spacial score (nSPS) is 26.0. The first kappa shape index (κ1) is 11.5. The molecule has 1 saturated carbocycles. The molecule has 0 aromatic rings. The van der Waals surface area contributed by atoms with Crippen LogP contribution in [0.3, 0.4) is 0 Å². The van der Waals surface area contributed by atoms with Gasteiger partial charge in [0.25, 0.3) is 0 Å². The van der Waals surface area contributed by atoms with E-state index in [0.717, 1.165) is 25.9 Å². The summed E-state index contributed by atoms with van der Waals surface area (Å²) in [6.45, 7) is 4.15. The molecule has 0 spiro atoms. The van der Waals surface area contributed by atoms with Gasteiger partial charge >= 0.3 is 0 Å². The first-order valence-electron chi connectivity index (χ1n) is 5.19. The van der Waals surface area contributed by atoms with Gasteiger partial charge in [-0.1, -0.05) is 0 Å². The van der Waals surface area contributed by atoms with Gasteiger partial charge in [0.2, 0.25) is 5.91 Å². The topological polar surface area (TPSA) is 52.6 Å². The third kappa shape index (κ3) is 4.07. The first-order valence-corrected chi connectivity index (χ1v) is 5.19. The second-order valence-electron chi connectivity index (χ2n) is 4.24. The minimum Gasteiger partial charge on any atom is -0.393 e. The number of likely N-dealkylation sites (N-methyl/N-ethyl adjacent to an activating group) is 1. The molecule has 1 amide bonds. The standard InChI is InChI=1S/C10H20N2O2/c1-8(13)11-3-4-12(2)7-9-5-10(14)6-9/h9-10,14H,3-7H2,1-2H3,(H,11,13). The number of rotatable bonds is 5. The molecule has 0 aliphatic heterocycles. The predicted octanol–water partition coefficient (Wildman–Crippen LogP) is -0.175. The van der Waals surface area contributed by atoms with E-state index >= 15 is 0 Å². The second kappa shape index (κ2) is 5.32. The molecule has 4 heteroatoms. The van der Waals surface area contributed by atoms with Gasteiger partial charge in [-0.25, -0.2) is 0 Å². The number of aliphatic hydroxyl groups is 1. The van der Waals surface area contributed by atoms with Crippen molar-refractivity contribution in [3.05, 3.63) is 0 Å². The van der Waals surface area contributed by atoms with Crippen LogP contribution in [0, 0.1) is 5.92 Å². The highest BCUT2D eigenvalue weighted by atomic mass is 16.3. The minimum absolute atomic E-state index is 0.0254. The summed E-state index contributed by atoms with van der Waals surface area (Å²) >= 11 is 0. The molecule has 14 heavy (non-hydrogen) atoms. The molecule has 0 aromatic heterocycles. The zero-order valence-corrected chi connectivity index (χ0v) is 8.99. The number of nitrogens with one attached hydrogen (secondary N) is 1. The molecule has 1 aliphatic rings. The lowest BCUT2D eigenvalue weighted by molar-refractivity contribution is -0.119. The van der Waals surface area contributed by atoms with Gasteiger partial charge in [0.1, 0.15) is 0 Å². The van der Waals surface area contributed by atoms with Crippen LogP contribution >= 0.6 is 0 Å². The summed E-state index contributed by atoms with van der Waals surface area (Å²) < 4.78 is 0. The number of nitrogens with zero attached hydrogens (tertiary/aromatic N) is 1. The molecular weight excluding hydrogens is 180 g/mol. The van der Waals surface area contributed by atoms with Crippen molar-refractivity contribution in [3.63, 3.8) is 0 Å². The highest BCUT2D eigenvalue weighted by molar-refractivity contribution is 5.72. The first-order chi connectivity index (χ1) is 6.58. The number of carbonyl (C=O) groups is 1. The lowest BCUT2D eigenvalue weighted by Gasteiger charge is -2.34. The lowest BCUT2D eigenvalue weighted by atomic mass is 9.82. The Labute approximate surface area is 85.3 Å². The van der Waals surface area contributed by atoms with Crippen molar-refractivity contribution in [1.29, 1.82) is 0 Å². The molecule has 0 atom stereocenters. The van der Waals surface area contributed by atoms with Crippen LogP contribution in [0.15, 0.2) is 0 Å². The lowest BCUT2D eigenvalue weighted by Crippen LogP contribution is -2.39. The predicted molar refractivity (Wildman–Crippen MR) is 54.9 cm³/mol. The van der Waals surface area contributed by atoms with Gasteiger partial charge in [0, 0.05) is 26.6 Å². The SMILES string of the molecule is CC(=O)NCCN(C)CC1CC(O)C1. The number of hydrogen-bond donors (Lipinski definition) is 2. The summed E-state index contributed by atoms with van der Waals surface area (Å²) in [5.41, 5.74) is 0. The molecular formula is C10H20N2O2. The monoisotopic (exact) mass is 200 g/mol. The van der Waals surface area contributed by atoms with Crippen molar-refractivity contribution in [2.75, 3.05) is 26.7 Å². The molecule has 0 saturated heterocycles. The Morgan fingerprint density at radius 3 is 2.71 bits per heavy atom. The molecule has 2 N–H and O–H groups in total. The Balaban J connectivity index is 1.99. The van der Waals surface area contributed by atoms with Crippen LogP contribution < -0.4 is 5.32 Å². The van der Waals surface area contributed by atoms with Crippen LogP contribution in [-0.4, -0.2) is 48.7 Å². The number of amides is 1. The van der Waals surface area contributed by atoms with Gasteiger partial charge in [-0.3, -0.25) is 4.79 Å². The van der Waals surface area contributed by atoms with E-state index in [9.17, 15) is 4.79 Å². The van der Waals surface area contributed by atoms with E-state index in [-0.39, 0.29) is 12.0 Å². The maximum absolute atomic E-state index is 10.6. The van der Waals surface area contributed by atoms with Crippen LogP contribution in [0.1, 0.15) is 19.8 Å². The van der Waals surface area contributed by atoms with Crippen LogP contribution in [0.4, 0.5) is 0 Å². The quantitative estimate of drug-likeness (QED) is 0.647. The van der Waals surface area contributed by atoms with Crippen molar-refractivity contribution in [1.82, 2.24) is 10.2 Å². The Morgan fingerprint density at radius 2 is 2.21 bits per heavy atom. The maximum atomic E-state index is 10.6. The van der Waals surface area contributed by atoms with E-state index in [1.807, 2.05) is 7.05 Å². The summed E-state index contributed by atoms with van der Waals surface area (Å²) in [5.74, 6) is 0.671. The third-order valence-corrected chi connectivity index (χ3v) is 2.65. The third-order valence-electron chi connectivity index (χ3n) is 2.65. The fourth-order valence-corrected chi connectivity index (χ4v) is 1.80. The molecule has 4 nitrogen and oxygen atoms in total. The summed E-state index contributed by atoms with van der Waals surface area (Å²) in [4.78, 5) is 12.8. The van der Waals surface area contributed by atoms with Gasteiger partial charge in [0.15, 0.2) is 0 Å². The highest BCUT2D eigenvalue weighted by Gasteiger charge is 2.27. The molecule has 0 heterocycles. The van der Waals surface area contributed by atoms with E-state index < -0.39 is 0 Å². The fourth-order valence-electron chi connectivity index (χ4n) is 1.80. The van der Waals surface area contributed by atoms with Gasteiger partial charge in [0.05, 0.1) is 6.10 Å². The van der Waals surface area contributed by atoms with Crippen molar-refractivity contribution < 1.29 is 9.90 Å². The summed E-state index contributed by atoms with van der Waals surface area (Å²) in [6.07, 6.45) is 1.80. The largest absolute Gasteiger partial charge is 0.393 e. The van der Waals surface area contributed by atoms with E-state index in [1.54, 1.807) is 0 Å². The summed E-state index contributed by atoms with van der Waals surface area (Å²) in [7, 11) is 2.05. The smallest absolute Gasteiger partial charge is 0.216 e. The average molecular weight is 200 g/mol. The Bertz CT molecular complexity index is 191. The Morgan fingerprint density at radius 1 is 1.57 bits per heavy atom. The molecule has 0 bridgehead atoms. The molecule has 0 radical (unpaired) electrons. The van der Waals surface area contributed by atoms with E-state index in [4.69, 9.17) is 5.11 Å². The minimum atomic E-state index is -0.0660. The Kier molecular flexibility index (Phi) is 4.35. The van der Waals surface area contributed by atoms with Crippen molar-refractivity contribution in [3.8, 4) is 0 Å². The molecule has 0 aromatic carbocycles. The fraction of sp³-hybridized carbons (Fsp3) is 0.900. The number of hydrogen-bond acceptors (Lipinski definition) is 3. The van der Waals surface area contributed by atoms with Gasteiger partial charge < -0.3 is 15.3 Å². The van der Waals surface area contributed by atoms with Crippen molar-refractivity contribution in [2.45, 2.75) is 25.9 Å². The van der Waals surface area contributed by atoms with Crippen molar-refractivity contribution >= 4 is 5.91 Å². The van der Waals surface area contributed by atoms with Gasteiger partial charge in [-0.2, -0.15) is 0 Å². The average Bonchev–Trinajstić information content (AvgIpc) is 2.00. The van der Waals surface area contributed by atoms with Crippen molar-refractivity contribution in [2.24, 2.45) is 5.92 Å². The van der Waals surface area contributed by atoms with Crippen LogP contribution in [-0.2, 0) is 4.79 Å². The van der Waals surface area contributed by atoms with Crippen LogP contribution in [0.5, 0.6) is 0 Å². The molecule has 1 aliphatic carbocycles. The zero-order chi connectivity index (χ0) is 10.6. The number of carbonyl (C=O) groups excluding carboxylic acids is 1. The highest BCUT2D eigenvalue weighted by Crippen LogP contribution is 2.27. The molecule has 82 valence electrons. The zero-order valence-electron chi connectivity index (χ0n) is 8.99. The summed E-state index contributed by atoms with van der Waals surface area (Å²) in [6, 6.07) is 0. The Hall–Kier alpha value is -0.610. The van der Waals surface area contributed by atoms with Gasteiger partial charge in [-0.15, -0.1) is 0 Å². The second-order valence-corrected chi connectivity index (χ2v) is 4.24. The van der Waals surface area contributed by atoms with Crippen LogP contribution in [0.2, 0.25) is 0 Å². The maximum Gasteiger partial charge on any atom is 0.216 e. The van der Waals surface area contributed by atoms with E-state index in [0.29, 0.717) is 12.5 Å². The molecule has 1 rings (SSSR count). The van der Waals surface area contributed by atoms with Gasteiger partial charge in [-0.05, 0) is 25.8 Å².